The van der Waals surface area contributed by atoms with Crippen molar-refractivity contribution < 1.29 is 4.79 Å². The Hall–Kier alpha value is -1.91. The van der Waals surface area contributed by atoms with Crippen LogP contribution in [0.1, 0.15) is 20.8 Å². The van der Waals surface area contributed by atoms with Crippen molar-refractivity contribution in [1.29, 1.82) is 0 Å². The standard InChI is InChI=1S/C19H22N2OS/c1-16-9-15-23-18(16)19(22)21-13-11-20(12-14-21)10-5-8-17-6-3-2-4-7-17/h2-9,15H,10-14H2,1H3/b8-5+. The molecule has 4 heteroatoms. The average Bonchev–Trinajstić information content (AvgIpc) is 3.02. The quantitative estimate of drug-likeness (QED) is 0.858. The zero-order valence-electron chi connectivity index (χ0n) is 13.4. The van der Waals surface area contributed by atoms with Gasteiger partial charge in [0.15, 0.2) is 0 Å². The van der Waals surface area contributed by atoms with E-state index in [1.54, 1.807) is 11.3 Å². The molecule has 0 unspecified atom stereocenters. The molecule has 3 rings (SSSR count). The van der Waals surface area contributed by atoms with Crippen molar-refractivity contribution in [3.63, 3.8) is 0 Å². The van der Waals surface area contributed by atoms with E-state index in [1.807, 2.05) is 29.3 Å². The van der Waals surface area contributed by atoms with Gasteiger partial charge in [0.1, 0.15) is 0 Å². The maximum absolute atomic E-state index is 12.5. The minimum Gasteiger partial charge on any atom is -0.335 e. The Balaban J connectivity index is 1.48. The van der Waals surface area contributed by atoms with E-state index in [0.717, 1.165) is 43.2 Å². The Morgan fingerprint density at radius 3 is 2.52 bits per heavy atom. The maximum atomic E-state index is 12.5. The summed E-state index contributed by atoms with van der Waals surface area (Å²) < 4.78 is 0. The molecule has 0 atom stereocenters. The highest BCUT2D eigenvalue weighted by atomic mass is 32.1. The molecule has 0 spiro atoms. The summed E-state index contributed by atoms with van der Waals surface area (Å²) in [7, 11) is 0. The van der Waals surface area contributed by atoms with Crippen molar-refractivity contribution in [1.82, 2.24) is 9.80 Å². The van der Waals surface area contributed by atoms with E-state index in [2.05, 4.69) is 41.3 Å². The van der Waals surface area contributed by atoms with Crippen LogP contribution in [0.4, 0.5) is 0 Å². The summed E-state index contributed by atoms with van der Waals surface area (Å²) in [5.41, 5.74) is 2.32. The molecule has 1 saturated heterocycles. The number of carbonyl (C=O) groups excluding carboxylic acids is 1. The molecular formula is C19H22N2OS. The van der Waals surface area contributed by atoms with E-state index in [9.17, 15) is 4.79 Å². The van der Waals surface area contributed by atoms with Crippen molar-refractivity contribution in [3.05, 3.63) is 63.9 Å². The van der Waals surface area contributed by atoms with Gasteiger partial charge in [-0.1, -0.05) is 42.5 Å². The van der Waals surface area contributed by atoms with Crippen LogP contribution in [-0.2, 0) is 0 Å². The Morgan fingerprint density at radius 2 is 1.87 bits per heavy atom. The molecule has 2 heterocycles. The summed E-state index contributed by atoms with van der Waals surface area (Å²) in [6, 6.07) is 12.4. The highest BCUT2D eigenvalue weighted by Gasteiger charge is 2.23. The normalized spacial score (nSPS) is 16.1. The highest BCUT2D eigenvalue weighted by molar-refractivity contribution is 7.12. The van der Waals surface area contributed by atoms with Crippen LogP contribution < -0.4 is 0 Å². The number of hydrogen-bond donors (Lipinski definition) is 0. The first kappa shape index (κ1) is 16.0. The lowest BCUT2D eigenvalue weighted by Crippen LogP contribution is -2.48. The summed E-state index contributed by atoms with van der Waals surface area (Å²) in [6.45, 7) is 6.46. The summed E-state index contributed by atoms with van der Waals surface area (Å²) in [6.07, 6.45) is 4.36. The molecule has 1 aromatic carbocycles. The average molecular weight is 326 g/mol. The zero-order valence-corrected chi connectivity index (χ0v) is 14.3. The second-order valence-corrected chi connectivity index (χ2v) is 6.75. The molecule has 0 bridgehead atoms. The van der Waals surface area contributed by atoms with E-state index < -0.39 is 0 Å². The van der Waals surface area contributed by atoms with Gasteiger partial charge in [0, 0.05) is 32.7 Å². The SMILES string of the molecule is Cc1ccsc1C(=O)N1CCN(C/C=C/c2ccccc2)CC1. The Morgan fingerprint density at radius 1 is 1.13 bits per heavy atom. The van der Waals surface area contributed by atoms with Crippen molar-refractivity contribution in [3.8, 4) is 0 Å². The van der Waals surface area contributed by atoms with Gasteiger partial charge in [-0.05, 0) is 29.5 Å². The van der Waals surface area contributed by atoms with E-state index >= 15 is 0 Å². The number of hydrogen-bond acceptors (Lipinski definition) is 3. The molecule has 120 valence electrons. The maximum Gasteiger partial charge on any atom is 0.264 e. The van der Waals surface area contributed by atoms with Crippen molar-refractivity contribution in [2.45, 2.75) is 6.92 Å². The number of thiophene rings is 1. The predicted molar refractivity (Wildman–Crippen MR) is 96.9 cm³/mol. The van der Waals surface area contributed by atoms with Gasteiger partial charge < -0.3 is 4.90 Å². The summed E-state index contributed by atoms with van der Waals surface area (Å²) >= 11 is 1.55. The van der Waals surface area contributed by atoms with Gasteiger partial charge in [-0.2, -0.15) is 0 Å². The van der Waals surface area contributed by atoms with E-state index in [0.29, 0.717) is 0 Å². The first-order valence-electron chi connectivity index (χ1n) is 8.01. The number of nitrogens with zero attached hydrogens (tertiary/aromatic N) is 2. The molecular weight excluding hydrogens is 304 g/mol. The van der Waals surface area contributed by atoms with Crippen molar-refractivity contribution in [2.75, 3.05) is 32.7 Å². The molecule has 1 amide bonds. The van der Waals surface area contributed by atoms with Gasteiger partial charge in [0.05, 0.1) is 4.88 Å². The third-order valence-corrected chi connectivity index (χ3v) is 5.19. The van der Waals surface area contributed by atoms with Gasteiger partial charge in [-0.25, -0.2) is 0 Å². The third kappa shape index (κ3) is 4.09. The van der Waals surface area contributed by atoms with E-state index in [1.165, 1.54) is 5.56 Å². The summed E-state index contributed by atoms with van der Waals surface area (Å²) in [5, 5.41) is 1.99. The molecule has 1 fully saturated rings. The van der Waals surface area contributed by atoms with Crippen LogP contribution in [0.3, 0.4) is 0 Å². The predicted octanol–water partition coefficient (Wildman–Crippen LogP) is 3.53. The lowest BCUT2D eigenvalue weighted by Gasteiger charge is -2.34. The molecule has 1 aromatic heterocycles. The fraction of sp³-hybridized carbons (Fsp3) is 0.316. The molecule has 1 aliphatic rings. The van der Waals surface area contributed by atoms with Gasteiger partial charge in [0.2, 0.25) is 0 Å². The van der Waals surface area contributed by atoms with Crippen LogP contribution in [-0.4, -0.2) is 48.4 Å². The van der Waals surface area contributed by atoms with Crippen molar-refractivity contribution >= 4 is 23.3 Å². The molecule has 0 radical (unpaired) electrons. The first-order chi connectivity index (χ1) is 11.2. The summed E-state index contributed by atoms with van der Waals surface area (Å²) in [4.78, 5) is 17.8. The molecule has 0 N–H and O–H groups in total. The largest absolute Gasteiger partial charge is 0.335 e. The number of aryl methyl sites for hydroxylation is 1. The van der Waals surface area contributed by atoms with Crippen molar-refractivity contribution in [2.24, 2.45) is 0 Å². The highest BCUT2D eigenvalue weighted by Crippen LogP contribution is 2.18. The fourth-order valence-electron chi connectivity index (χ4n) is 2.77. The number of rotatable bonds is 4. The molecule has 23 heavy (non-hydrogen) atoms. The minimum atomic E-state index is 0.192. The van der Waals surface area contributed by atoms with Crippen LogP contribution in [0, 0.1) is 6.92 Å². The Bertz CT molecular complexity index is 670. The Labute approximate surface area is 141 Å². The summed E-state index contributed by atoms with van der Waals surface area (Å²) in [5.74, 6) is 0.192. The molecule has 2 aromatic rings. The van der Waals surface area contributed by atoms with Crippen LogP contribution in [0.15, 0.2) is 47.9 Å². The van der Waals surface area contributed by atoms with E-state index in [-0.39, 0.29) is 5.91 Å². The van der Waals surface area contributed by atoms with E-state index in [4.69, 9.17) is 0 Å². The fourth-order valence-corrected chi connectivity index (χ4v) is 3.66. The molecule has 0 saturated carbocycles. The topological polar surface area (TPSA) is 23.6 Å². The van der Waals surface area contributed by atoms with Crippen LogP contribution in [0.5, 0.6) is 0 Å². The number of piperazine rings is 1. The van der Waals surface area contributed by atoms with Gasteiger partial charge in [0.25, 0.3) is 5.91 Å². The van der Waals surface area contributed by atoms with Crippen LogP contribution >= 0.6 is 11.3 Å². The lowest BCUT2D eigenvalue weighted by atomic mass is 10.2. The molecule has 0 aliphatic carbocycles. The monoisotopic (exact) mass is 326 g/mol. The Kier molecular flexibility index (Phi) is 5.26. The second-order valence-electron chi connectivity index (χ2n) is 5.84. The second kappa shape index (κ2) is 7.57. The van der Waals surface area contributed by atoms with Gasteiger partial charge >= 0.3 is 0 Å². The number of benzene rings is 1. The van der Waals surface area contributed by atoms with Gasteiger partial charge in [-0.15, -0.1) is 11.3 Å². The zero-order chi connectivity index (χ0) is 16.1. The lowest BCUT2D eigenvalue weighted by molar-refractivity contribution is 0.0654. The number of carbonyl (C=O) groups is 1. The van der Waals surface area contributed by atoms with Crippen LogP contribution in [0.25, 0.3) is 6.08 Å². The molecule has 3 nitrogen and oxygen atoms in total. The van der Waals surface area contributed by atoms with Gasteiger partial charge in [-0.3, -0.25) is 9.69 Å². The van der Waals surface area contributed by atoms with Crippen LogP contribution in [0.2, 0.25) is 0 Å². The third-order valence-electron chi connectivity index (χ3n) is 4.19. The number of amides is 1. The smallest absolute Gasteiger partial charge is 0.264 e. The first-order valence-corrected chi connectivity index (χ1v) is 8.89. The molecule has 1 aliphatic heterocycles. The minimum absolute atomic E-state index is 0.192.